The van der Waals surface area contributed by atoms with Crippen molar-refractivity contribution < 1.29 is 31.4 Å². The lowest BCUT2D eigenvalue weighted by atomic mass is 9.88. The van der Waals surface area contributed by atoms with E-state index in [0.717, 1.165) is 36.9 Å². The van der Waals surface area contributed by atoms with Gasteiger partial charge in [-0.05, 0) is 69.3 Å². The van der Waals surface area contributed by atoms with Gasteiger partial charge in [0, 0.05) is 43.6 Å². The number of rotatable bonds is 10. The third-order valence-corrected chi connectivity index (χ3v) is 11.1. The molecule has 0 saturated carbocycles. The molecular weight excluding hydrogens is 544 g/mol. The lowest BCUT2D eigenvalue weighted by Gasteiger charge is -2.38. The van der Waals surface area contributed by atoms with Crippen LogP contribution >= 0.6 is 0 Å². The van der Waals surface area contributed by atoms with Crippen LogP contribution in [0.4, 0.5) is 0 Å². The van der Waals surface area contributed by atoms with E-state index in [1.807, 2.05) is 0 Å². The molecule has 3 heterocycles. The number of benzene rings is 1. The van der Waals surface area contributed by atoms with Gasteiger partial charge in [0.25, 0.3) is 0 Å². The van der Waals surface area contributed by atoms with Crippen molar-refractivity contribution in [2.45, 2.75) is 66.1 Å². The van der Waals surface area contributed by atoms with Crippen molar-refractivity contribution in [2.24, 2.45) is 0 Å². The molecule has 214 valence electrons. The van der Waals surface area contributed by atoms with Gasteiger partial charge in [0.1, 0.15) is 23.4 Å². The number of aliphatic hydroxyl groups is 1. The van der Waals surface area contributed by atoms with Gasteiger partial charge in [-0.25, -0.2) is 21.6 Å². The molecule has 1 aromatic carbocycles. The number of hydrogen-bond acceptors (Lipinski definition) is 9. The maximum Gasteiger partial charge on any atom is 0.244 e. The Hall–Kier alpha value is -2.13. The van der Waals surface area contributed by atoms with Gasteiger partial charge in [-0.2, -0.15) is 4.31 Å². The average Bonchev–Trinajstić information content (AvgIpc) is 3.58. The lowest BCUT2D eigenvalue weighted by Crippen LogP contribution is -2.47. The Bertz CT molecular complexity index is 1390. The van der Waals surface area contributed by atoms with Crippen LogP contribution in [0.15, 0.2) is 46.3 Å². The molecule has 11 nitrogen and oxygen atoms in total. The first-order valence-corrected chi connectivity index (χ1v) is 16.2. The van der Waals surface area contributed by atoms with E-state index in [2.05, 4.69) is 15.0 Å². The van der Waals surface area contributed by atoms with E-state index < -0.39 is 26.2 Å². The van der Waals surface area contributed by atoms with Crippen LogP contribution in [-0.4, -0.2) is 88.9 Å². The van der Waals surface area contributed by atoms with Gasteiger partial charge in [-0.15, -0.1) is 0 Å². The largest absolute Gasteiger partial charge is 0.491 e. The highest BCUT2D eigenvalue weighted by molar-refractivity contribution is 7.89. The molecule has 5 rings (SSSR count). The number of aliphatic hydroxyl groups excluding tert-OH is 1. The van der Waals surface area contributed by atoms with Crippen molar-refractivity contribution in [2.75, 3.05) is 39.9 Å². The van der Waals surface area contributed by atoms with Crippen molar-refractivity contribution in [1.82, 2.24) is 19.3 Å². The van der Waals surface area contributed by atoms with E-state index in [0.29, 0.717) is 38.3 Å². The van der Waals surface area contributed by atoms with Crippen LogP contribution in [0.2, 0.25) is 0 Å². The maximum absolute atomic E-state index is 13.2. The van der Waals surface area contributed by atoms with Crippen molar-refractivity contribution in [1.29, 1.82) is 0 Å². The summed E-state index contributed by atoms with van der Waals surface area (Å²) in [5.74, 6) is 0.353. The number of nitrogens with one attached hydrogen (secondary N) is 2. The number of nitrogens with zero attached hydrogens (tertiary/aromatic N) is 2. The Morgan fingerprint density at radius 3 is 2.74 bits per heavy atom. The normalized spacial score (nSPS) is 22.2. The van der Waals surface area contributed by atoms with Crippen molar-refractivity contribution in [3.8, 4) is 5.75 Å². The van der Waals surface area contributed by atoms with E-state index in [9.17, 15) is 21.9 Å². The number of sulfonamides is 2. The molecule has 2 saturated heterocycles. The third-order valence-electron chi connectivity index (χ3n) is 7.84. The summed E-state index contributed by atoms with van der Waals surface area (Å²) in [6.07, 6.45) is 5.46. The molecule has 39 heavy (non-hydrogen) atoms. The van der Waals surface area contributed by atoms with Gasteiger partial charge in [0.05, 0.1) is 17.1 Å². The van der Waals surface area contributed by atoms with Crippen molar-refractivity contribution in [3.63, 3.8) is 0 Å². The summed E-state index contributed by atoms with van der Waals surface area (Å²) in [5, 5.41) is 13.7. The summed E-state index contributed by atoms with van der Waals surface area (Å²) in [7, 11) is -5.83. The summed E-state index contributed by atoms with van der Waals surface area (Å²) in [6.45, 7) is 1.55. The lowest BCUT2D eigenvalue weighted by molar-refractivity contribution is -0.0312. The minimum atomic E-state index is -3.59. The number of aromatic nitrogens is 1. The molecule has 2 unspecified atom stereocenters. The Labute approximate surface area is 230 Å². The molecule has 0 amide bonds. The third kappa shape index (κ3) is 6.29. The highest BCUT2D eigenvalue weighted by Gasteiger charge is 2.44. The van der Waals surface area contributed by atoms with Gasteiger partial charge < -0.3 is 19.9 Å². The predicted octanol–water partition coefficient (Wildman–Crippen LogP) is 0.820. The van der Waals surface area contributed by atoms with E-state index in [4.69, 9.17) is 9.47 Å². The van der Waals surface area contributed by atoms with E-state index >= 15 is 0 Å². The molecule has 2 aromatic rings. The van der Waals surface area contributed by atoms with Gasteiger partial charge >= 0.3 is 0 Å². The van der Waals surface area contributed by atoms with Gasteiger partial charge in [-0.1, -0.05) is 6.07 Å². The number of fused-ring (bicyclic) bond motifs is 1. The van der Waals surface area contributed by atoms with Crippen LogP contribution in [0.3, 0.4) is 0 Å². The molecule has 2 atom stereocenters. The summed E-state index contributed by atoms with van der Waals surface area (Å²) in [6, 6.07) is 7.92. The molecule has 3 N–H and O–H groups in total. The molecule has 0 radical (unpaired) electrons. The molecule has 0 bridgehead atoms. The number of ether oxygens (including phenoxy) is 2. The zero-order chi connectivity index (χ0) is 27.7. The van der Waals surface area contributed by atoms with Gasteiger partial charge in [-0.3, -0.25) is 4.98 Å². The van der Waals surface area contributed by atoms with Crippen LogP contribution in [0.5, 0.6) is 5.75 Å². The molecule has 13 heteroatoms. The summed E-state index contributed by atoms with van der Waals surface area (Å²) < 4.78 is 66.0. The summed E-state index contributed by atoms with van der Waals surface area (Å²) in [4.78, 5) is 4.75. The zero-order valence-electron chi connectivity index (χ0n) is 22.0. The number of piperidine rings is 1. The number of pyridine rings is 1. The maximum atomic E-state index is 13.2. The van der Waals surface area contributed by atoms with Gasteiger partial charge in [0.2, 0.25) is 20.0 Å². The number of aryl methyl sites for hydroxylation is 2. The fourth-order valence-corrected chi connectivity index (χ4v) is 7.76. The molecular formula is C26H36N4O7S2. The fraction of sp³-hybridized carbons (Fsp3) is 0.577. The quantitative estimate of drug-likeness (QED) is 0.372. The van der Waals surface area contributed by atoms with Crippen LogP contribution in [0.1, 0.15) is 36.9 Å². The van der Waals surface area contributed by atoms with E-state index in [1.165, 1.54) is 25.4 Å². The Kier molecular flexibility index (Phi) is 8.30. The minimum Gasteiger partial charge on any atom is -0.491 e. The van der Waals surface area contributed by atoms with Gasteiger partial charge in [0.15, 0.2) is 0 Å². The topological polar surface area (TPSA) is 147 Å². The second kappa shape index (κ2) is 11.4. The van der Waals surface area contributed by atoms with Crippen LogP contribution < -0.4 is 14.8 Å². The molecule has 3 aliphatic rings. The minimum absolute atomic E-state index is 0.000848. The van der Waals surface area contributed by atoms with Crippen molar-refractivity contribution in [3.05, 3.63) is 47.8 Å². The zero-order valence-corrected chi connectivity index (χ0v) is 23.6. The summed E-state index contributed by atoms with van der Waals surface area (Å²) >= 11 is 0. The Morgan fingerprint density at radius 1 is 1.18 bits per heavy atom. The van der Waals surface area contributed by atoms with Crippen LogP contribution in [0, 0.1) is 0 Å². The highest BCUT2D eigenvalue weighted by Crippen LogP contribution is 2.37. The Morgan fingerprint density at radius 2 is 1.97 bits per heavy atom. The van der Waals surface area contributed by atoms with Crippen molar-refractivity contribution >= 4 is 20.0 Å². The monoisotopic (exact) mass is 580 g/mol. The molecule has 1 spiro atoms. The standard InChI is InChI=1S/C26H36N4O7S2/c1-27-38(32,33)23-6-3-5-22(13-23)36-18-21(31)15-28-20-14-26(37-17-20)8-10-30(11-9-26)39(34,35)24-12-19-4-2-7-25(19)29-16-24/h3,5-6,12-13,16,20-21,27-28,31H,2,4,7-11,14-15,17-18H2,1H3. The molecule has 1 aromatic heterocycles. The Balaban J connectivity index is 1.08. The smallest absolute Gasteiger partial charge is 0.244 e. The van der Waals surface area contributed by atoms with Crippen LogP contribution in [-0.2, 0) is 37.6 Å². The second-order valence-corrected chi connectivity index (χ2v) is 14.3. The molecule has 2 aliphatic heterocycles. The van der Waals surface area contributed by atoms with Crippen LogP contribution in [0.25, 0.3) is 0 Å². The average molecular weight is 581 g/mol. The summed E-state index contributed by atoms with van der Waals surface area (Å²) in [5.41, 5.74) is 1.68. The van der Waals surface area contributed by atoms with E-state index in [1.54, 1.807) is 22.5 Å². The molecule has 1 aliphatic carbocycles. The first-order valence-electron chi connectivity index (χ1n) is 13.3. The first kappa shape index (κ1) is 28.4. The second-order valence-electron chi connectivity index (χ2n) is 10.5. The molecule has 2 fully saturated rings. The fourth-order valence-electron chi connectivity index (χ4n) is 5.56. The highest BCUT2D eigenvalue weighted by atomic mass is 32.2. The predicted molar refractivity (Wildman–Crippen MR) is 144 cm³/mol. The number of hydrogen-bond donors (Lipinski definition) is 3. The van der Waals surface area contributed by atoms with E-state index in [-0.39, 0.29) is 34.6 Å². The first-order chi connectivity index (χ1) is 18.6. The SMILES string of the molecule is CNS(=O)(=O)c1cccc(OCC(O)CNC2COC3(CCN(S(=O)(=O)c4cnc5c(c4)CCC5)CC3)C2)c1.